The number of esters is 1. The molecular formula is C14H13BrN4O2. The zero-order valence-corrected chi connectivity index (χ0v) is 13.1. The Balaban J connectivity index is 2.72. The molecule has 108 valence electrons. The maximum atomic E-state index is 11.7. The van der Waals surface area contributed by atoms with Crippen molar-refractivity contribution in [2.75, 3.05) is 12.8 Å². The summed E-state index contributed by atoms with van der Waals surface area (Å²) >= 11 is 3.32. The summed E-state index contributed by atoms with van der Waals surface area (Å²) in [5, 5.41) is 9.28. The van der Waals surface area contributed by atoms with Crippen LogP contribution in [0.15, 0.2) is 22.7 Å². The number of aromatic nitrogens is 2. The highest BCUT2D eigenvalue weighted by atomic mass is 79.9. The number of imidazole rings is 1. The largest absolute Gasteiger partial charge is 0.464 e. The number of nitrogens with zero attached hydrogens (tertiary/aromatic N) is 3. The van der Waals surface area contributed by atoms with Gasteiger partial charge in [0.25, 0.3) is 0 Å². The van der Waals surface area contributed by atoms with Gasteiger partial charge in [-0.3, -0.25) is 4.57 Å². The first-order valence-corrected chi connectivity index (χ1v) is 6.98. The lowest BCUT2D eigenvalue weighted by Gasteiger charge is -2.11. The van der Waals surface area contributed by atoms with Crippen LogP contribution in [0.1, 0.15) is 28.8 Å². The van der Waals surface area contributed by atoms with E-state index in [2.05, 4.69) is 31.7 Å². The molecule has 0 aliphatic rings. The monoisotopic (exact) mass is 348 g/mol. The fraction of sp³-hybridized carbons (Fsp3) is 0.214. The molecule has 0 saturated carbocycles. The highest BCUT2D eigenvalue weighted by Gasteiger charge is 2.22. The Hall–Kier alpha value is -2.33. The molecule has 0 spiro atoms. The van der Waals surface area contributed by atoms with Crippen LogP contribution < -0.4 is 5.73 Å². The molecule has 0 aliphatic heterocycles. The van der Waals surface area contributed by atoms with Gasteiger partial charge < -0.3 is 10.5 Å². The first-order valence-electron chi connectivity index (χ1n) is 6.18. The number of halogens is 1. The molecule has 2 N–H and O–H groups in total. The van der Waals surface area contributed by atoms with Crippen molar-refractivity contribution in [2.45, 2.75) is 13.3 Å². The lowest BCUT2D eigenvalue weighted by Crippen LogP contribution is -2.09. The Morgan fingerprint density at radius 3 is 2.86 bits per heavy atom. The summed E-state index contributed by atoms with van der Waals surface area (Å²) in [7, 11) is 1.27. The van der Waals surface area contributed by atoms with E-state index in [0.717, 1.165) is 4.47 Å². The van der Waals surface area contributed by atoms with Gasteiger partial charge in [0.05, 0.1) is 18.4 Å². The van der Waals surface area contributed by atoms with E-state index < -0.39 is 5.97 Å². The van der Waals surface area contributed by atoms with Crippen molar-refractivity contribution in [3.8, 4) is 11.8 Å². The van der Waals surface area contributed by atoms with Crippen LogP contribution in [0.4, 0.5) is 5.82 Å². The highest BCUT2D eigenvalue weighted by Crippen LogP contribution is 2.26. The Morgan fingerprint density at radius 2 is 2.29 bits per heavy atom. The van der Waals surface area contributed by atoms with Crippen molar-refractivity contribution in [3.63, 3.8) is 0 Å². The molecule has 6 nitrogen and oxygen atoms in total. The van der Waals surface area contributed by atoms with Gasteiger partial charge in [-0.05, 0) is 18.2 Å². The number of methoxy groups -OCH3 is 1. The van der Waals surface area contributed by atoms with Gasteiger partial charge in [0, 0.05) is 10.9 Å². The second kappa shape index (κ2) is 5.97. The normalized spacial score (nSPS) is 10.2. The fourth-order valence-corrected chi connectivity index (χ4v) is 2.39. The minimum Gasteiger partial charge on any atom is -0.464 e. The molecule has 0 aliphatic carbocycles. The third-order valence-electron chi connectivity index (χ3n) is 3.00. The minimum atomic E-state index is -0.600. The van der Waals surface area contributed by atoms with Gasteiger partial charge in [0.2, 0.25) is 0 Å². The zero-order valence-electron chi connectivity index (χ0n) is 11.6. The van der Waals surface area contributed by atoms with Crippen molar-refractivity contribution in [2.24, 2.45) is 0 Å². The zero-order chi connectivity index (χ0) is 15.6. The molecule has 0 amide bonds. The van der Waals surface area contributed by atoms with Gasteiger partial charge in [-0.1, -0.05) is 22.9 Å². The number of aryl methyl sites for hydroxylation is 1. The summed E-state index contributed by atoms with van der Waals surface area (Å²) in [5.74, 6) is 0.154. The topological polar surface area (TPSA) is 93.9 Å². The number of hydrogen-bond donors (Lipinski definition) is 1. The van der Waals surface area contributed by atoms with E-state index in [4.69, 9.17) is 5.73 Å². The maximum Gasteiger partial charge on any atom is 0.360 e. The summed E-state index contributed by atoms with van der Waals surface area (Å²) in [6.45, 7) is 1.89. The van der Waals surface area contributed by atoms with E-state index in [1.54, 1.807) is 22.8 Å². The molecule has 0 bridgehead atoms. The van der Waals surface area contributed by atoms with Crippen LogP contribution in [0.5, 0.6) is 0 Å². The number of ether oxygens (including phenoxy) is 1. The third kappa shape index (κ3) is 2.62. The average molecular weight is 349 g/mol. The molecule has 2 rings (SSSR count). The first kappa shape index (κ1) is 15.1. The standard InChI is InChI=1S/C14H13BrN4O2/c1-3-11-18-12(14(20)21-2)13(17)19(11)10-5-4-9(15)6-8(10)7-16/h4-6H,3,17H2,1-2H3. The molecular weight excluding hydrogens is 336 g/mol. The summed E-state index contributed by atoms with van der Waals surface area (Å²) in [6, 6.07) is 7.35. The highest BCUT2D eigenvalue weighted by molar-refractivity contribution is 9.10. The molecule has 0 fully saturated rings. The number of nitrogen functional groups attached to an aromatic ring is 1. The van der Waals surface area contributed by atoms with Crippen LogP contribution in [0, 0.1) is 11.3 Å². The van der Waals surface area contributed by atoms with Crippen molar-refractivity contribution in [3.05, 3.63) is 39.8 Å². The molecule has 0 radical (unpaired) electrons. The van der Waals surface area contributed by atoms with Gasteiger partial charge >= 0.3 is 5.97 Å². The Bertz CT molecular complexity index is 746. The van der Waals surface area contributed by atoms with Gasteiger partial charge in [-0.25, -0.2) is 9.78 Å². The van der Waals surface area contributed by atoms with Crippen LogP contribution in [0.3, 0.4) is 0 Å². The number of hydrogen-bond acceptors (Lipinski definition) is 5. The van der Waals surface area contributed by atoms with Crippen LogP contribution in [0.2, 0.25) is 0 Å². The van der Waals surface area contributed by atoms with Gasteiger partial charge in [0.1, 0.15) is 17.7 Å². The van der Waals surface area contributed by atoms with Crippen LogP contribution >= 0.6 is 15.9 Å². The van der Waals surface area contributed by atoms with Crippen molar-refractivity contribution < 1.29 is 9.53 Å². The second-order valence-electron chi connectivity index (χ2n) is 4.22. The van der Waals surface area contributed by atoms with Crippen molar-refractivity contribution in [1.82, 2.24) is 9.55 Å². The van der Waals surface area contributed by atoms with E-state index in [9.17, 15) is 10.1 Å². The first-order chi connectivity index (χ1) is 10.0. The van der Waals surface area contributed by atoms with Crippen molar-refractivity contribution in [1.29, 1.82) is 5.26 Å². The lowest BCUT2D eigenvalue weighted by atomic mass is 10.2. The Morgan fingerprint density at radius 1 is 1.57 bits per heavy atom. The van der Waals surface area contributed by atoms with E-state index in [-0.39, 0.29) is 11.5 Å². The fourth-order valence-electron chi connectivity index (χ4n) is 2.03. The van der Waals surface area contributed by atoms with Crippen LogP contribution in [-0.2, 0) is 11.2 Å². The maximum absolute atomic E-state index is 11.7. The van der Waals surface area contributed by atoms with E-state index >= 15 is 0 Å². The molecule has 2 aromatic rings. The number of nitriles is 1. The number of rotatable bonds is 3. The quantitative estimate of drug-likeness (QED) is 0.859. The molecule has 0 unspecified atom stereocenters. The molecule has 0 saturated heterocycles. The summed E-state index contributed by atoms with van der Waals surface area (Å²) in [4.78, 5) is 15.9. The van der Waals surface area contributed by atoms with Gasteiger partial charge in [-0.2, -0.15) is 5.26 Å². The number of benzene rings is 1. The van der Waals surface area contributed by atoms with Gasteiger partial charge in [0.15, 0.2) is 5.69 Å². The summed E-state index contributed by atoms with van der Waals surface area (Å²) in [5.41, 5.74) is 7.10. The SMILES string of the molecule is CCc1nc(C(=O)OC)c(N)n1-c1ccc(Br)cc1C#N. The number of carbonyl (C=O) groups is 1. The summed E-state index contributed by atoms with van der Waals surface area (Å²) in [6.07, 6.45) is 0.558. The third-order valence-corrected chi connectivity index (χ3v) is 3.49. The minimum absolute atomic E-state index is 0.0566. The number of anilines is 1. The van der Waals surface area contributed by atoms with E-state index in [0.29, 0.717) is 23.5 Å². The van der Waals surface area contributed by atoms with Crippen molar-refractivity contribution >= 4 is 27.7 Å². The van der Waals surface area contributed by atoms with E-state index in [1.807, 2.05) is 6.92 Å². The molecule has 7 heteroatoms. The van der Waals surface area contributed by atoms with Crippen LogP contribution in [-0.4, -0.2) is 22.6 Å². The van der Waals surface area contributed by atoms with Gasteiger partial charge in [-0.15, -0.1) is 0 Å². The Labute approximate surface area is 130 Å². The second-order valence-corrected chi connectivity index (χ2v) is 5.13. The predicted octanol–water partition coefficient (Wildman–Crippen LogP) is 2.44. The molecule has 1 aromatic carbocycles. The Kier molecular flexibility index (Phi) is 4.29. The average Bonchev–Trinajstić information content (AvgIpc) is 2.83. The van der Waals surface area contributed by atoms with Crippen LogP contribution in [0.25, 0.3) is 5.69 Å². The van der Waals surface area contributed by atoms with E-state index in [1.165, 1.54) is 7.11 Å². The summed E-state index contributed by atoms with van der Waals surface area (Å²) < 4.78 is 7.07. The molecule has 21 heavy (non-hydrogen) atoms. The molecule has 0 atom stereocenters. The molecule has 1 aromatic heterocycles. The lowest BCUT2D eigenvalue weighted by molar-refractivity contribution is 0.0596. The number of nitrogens with two attached hydrogens (primary N) is 1. The predicted molar refractivity (Wildman–Crippen MR) is 81.1 cm³/mol. The smallest absolute Gasteiger partial charge is 0.360 e. The molecule has 1 heterocycles. The number of carbonyl (C=O) groups excluding carboxylic acids is 1.